The van der Waals surface area contributed by atoms with Crippen LogP contribution in [0.5, 0.6) is 11.5 Å². The number of hydrogen-bond donors (Lipinski definition) is 1. The van der Waals surface area contributed by atoms with Crippen molar-refractivity contribution < 1.29 is 14.3 Å². The summed E-state index contributed by atoms with van der Waals surface area (Å²) < 4.78 is 11.3. The summed E-state index contributed by atoms with van der Waals surface area (Å²) in [6.07, 6.45) is 0. The van der Waals surface area contributed by atoms with Crippen molar-refractivity contribution in [3.63, 3.8) is 0 Å². The summed E-state index contributed by atoms with van der Waals surface area (Å²) in [6.45, 7) is 2.97. The molecule has 0 aliphatic rings. The monoisotopic (exact) mass is 361 g/mol. The van der Waals surface area contributed by atoms with E-state index < -0.39 is 0 Å². The smallest absolute Gasteiger partial charge is 0.251 e. The summed E-state index contributed by atoms with van der Waals surface area (Å²) in [5.41, 5.74) is 3.87. The van der Waals surface area contributed by atoms with Gasteiger partial charge in [-0.05, 0) is 36.2 Å². The summed E-state index contributed by atoms with van der Waals surface area (Å²) in [4.78, 5) is 12.4. The molecule has 0 saturated carbocycles. The Bertz CT molecular complexity index is 889. The molecule has 1 amide bonds. The summed E-state index contributed by atoms with van der Waals surface area (Å²) in [5, 5.41) is 2.91. The first-order valence-electron chi connectivity index (χ1n) is 8.84. The van der Waals surface area contributed by atoms with Crippen molar-refractivity contribution in [2.24, 2.45) is 0 Å². The largest absolute Gasteiger partial charge is 0.493 e. The second-order valence-electron chi connectivity index (χ2n) is 6.31. The van der Waals surface area contributed by atoms with Gasteiger partial charge >= 0.3 is 0 Å². The number of amides is 1. The minimum atomic E-state index is -0.151. The number of rotatable bonds is 7. The van der Waals surface area contributed by atoms with Gasteiger partial charge < -0.3 is 14.8 Å². The molecule has 4 heteroatoms. The van der Waals surface area contributed by atoms with Crippen molar-refractivity contribution in [2.75, 3.05) is 7.11 Å². The first-order chi connectivity index (χ1) is 13.2. The summed E-state index contributed by atoms with van der Waals surface area (Å²) in [5.74, 6) is 0.995. The Morgan fingerprint density at radius 2 is 1.63 bits per heavy atom. The van der Waals surface area contributed by atoms with Gasteiger partial charge in [-0.1, -0.05) is 60.2 Å². The molecule has 3 rings (SSSR count). The van der Waals surface area contributed by atoms with Crippen molar-refractivity contribution in [3.8, 4) is 11.5 Å². The van der Waals surface area contributed by atoms with Crippen molar-refractivity contribution >= 4 is 5.91 Å². The normalized spacial score (nSPS) is 10.3. The number of aryl methyl sites for hydroxylation is 1. The number of hydrogen-bond acceptors (Lipinski definition) is 3. The van der Waals surface area contributed by atoms with Crippen LogP contribution in [0.15, 0.2) is 72.8 Å². The molecule has 3 aromatic rings. The predicted octanol–water partition coefficient (Wildman–Crippen LogP) is 4.51. The van der Waals surface area contributed by atoms with E-state index in [9.17, 15) is 4.79 Å². The van der Waals surface area contributed by atoms with Crippen LogP contribution in [-0.2, 0) is 13.2 Å². The van der Waals surface area contributed by atoms with Gasteiger partial charge in [-0.3, -0.25) is 4.79 Å². The van der Waals surface area contributed by atoms with E-state index >= 15 is 0 Å². The third kappa shape index (κ3) is 5.11. The van der Waals surface area contributed by atoms with E-state index in [4.69, 9.17) is 9.47 Å². The van der Waals surface area contributed by atoms with Gasteiger partial charge in [-0.15, -0.1) is 0 Å². The average Bonchev–Trinajstić information content (AvgIpc) is 2.72. The molecule has 4 nitrogen and oxygen atoms in total. The van der Waals surface area contributed by atoms with E-state index in [-0.39, 0.29) is 5.91 Å². The highest BCUT2D eigenvalue weighted by Gasteiger charge is 2.11. The van der Waals surface area contributed by atoms with Crippen LogP contribution in [0.2, 0.25) is 0 Å². The Morgan fingerprint density at radius 1 is 0.889 bits per heavy atom. The van der Waals surface area contributed by atoms with Crippen molar-refractivity contribution in [1.29, 1.82) is 0 Å². The Hall–Kier alpha value is -3.27. The molecule has 0 fully saturated rings. The highest BCUT2D eigenvalue weighted by Crippen LogP contribution is 2.29. The highest BCUT2D eigenvalue weighted by atomic mass is 16.5. The molecule has 0 heterocycles. The fraction of sp³-hybridized carbons (Fsp3) is 0.174. The van der Waals surface area contributed by atoms with E-state index in [2.05, 4.69) is 24.4 Å². The molecule has 27 heavy (non-hydrogen) atoms. The molecule has 0 spiro atoms. The molecule has 0 aromatic heterocycles. The number of methoxy groups -OCH3 is 1. The van der Waals surface area contributed by atoms with E-state index in [1.807, 2.05) is 42.5 Å². The molecule has 1 N–H and O–H groups in total. The summed E-state index contributed by atoms with van der Waals surface area (Å²) in [7, 11) is 1.57. The Morgan fingerprint density at radius 3 is 2.33 bits per heavy atom. The lowest BCUT2D eigenvalue weighted by atomic mass is 10.1. The molecule has 0 atom stereocenters. The molecule has 0 aliphatic heterocycles. The van der Waals surface area contributed by atoms with Crippen molar-refractivity contribution in [2.45, 2.75) is 20.1 Å². The van der Waals surface area contributed by atoms with Crippen molar-refractivity contribution in [3.05, 3.63) is 95.1 Å². The van der Waals surface area contributed by atoms with Crippen LogP contribution >= 0.6 is 0 Å². The Balaban J connectivity index is 1.64. The Kier molecular flexibility index (Phi) is 6.10. The maximum absolute atomic E-state index is 12.4. The van der Waals surface area contributed by atoms with Gasteiger partial charge in [-0.25, -0.2) is 0 Å². The van der Waals surface area contributed by atoms with E-state index in [0.717, 1.165) is 11.1 Å². The first kappa shape index (κ1) is 18.5. The van der Waals surface area contributed by atoms with Gasteiger partial charge in [0, 0.05) is 12.1 Å². The third-order valence-corrected chi connectivity index (χ3v) is 4.24. The topological polar surface area (TPSA) is 47.6 Å². The number of benzene rings is 3. The molecule has 138 valence electrons. The zero-order valence-corrected chi connectivity index (χ0v) is 15.6. The van der Waals surface area contributed by atoms with Crippen LogP contribution in [0.3, 0.4) is 0 Å². The standard InChI is InChI=1S/C23H23NO3/c1-17-8-10-19(11-9-17)16-27-21-13-12-20(14-22(21)26-2)23(25)24-15-18-6-4-3-5-7-18/h3-14H,15-16H2,1-2H3,(H,24,25). The average molecular weight is 361 g/mol. The number of carbonyl (C=O) groups is 1. The maximum Gasteiger partial charge on any atom is 0.251 e. The first-order valence-corrected chi connectivity index (χ1v) is 8.84. The van der Waals surface area contributed by atoms with Gasteiger partial charge in [0.2, 0.25) is 0 Å². The minimum Gasteiger partial charge on any atom is -0.493 e. The molecule has 0 aliphatic carbocycles. The number of nitrogens with one attached hydrogen (secondary N) is 1. The lowest BCUT2D eigenvalue weighted by Crippen LogP contribution is -2.22. The van der Waals surface area contributed by atoms with Gasteiger partial charge in [-0.2, -0.15) is 0 Å². The quantitative estimate of drug-likeness (QED) is 0.673. The summed E-state index contributed by atoms with van der Waals surface area (Å²) in [6, 6.07) is 23.2. The lowest BCUT2D eigenvalue weighted by Gasteiger charge is -2.13. The number of ether oxygens (including phenoxy) is 2. The zero-order chi connectivity index (χ0) is 19.1. The molecule has 0 radical (unpaired) electrons. The van der Waals surface area contributed by atoms with Gasteiger partial charge in [0.1, 0.15) is 6.61 Å². The molecule has 0 bridgehead atoms. The minimum absolute atomic E-state index is 0.151. The molecule has 0 saturated heterocycles. The highest BCUT2D eigenvalue weighted by molar-refractivity contribution is 5.94. The van der Waals surface area contributed by atoms with Crippen LogP contribution in [0, 0.1) is 6.92 Å². The van der Waals surface area contributed by atoms with Crippen molar-refractivity contribution in [1.82, 2.24) is 5.32 Å². The van der Waals surface area contributed by atoms with Crippen LogP contribution in [-0.4, -0.2) is 13.0 Å². The number of carbonyl (C=O) groups excluding carboxylic acids is 1. The molecular formula is C23H23NO3. The fourth-order valence-corrected chi connectivity index (χ4v) is 2.65. The zero-order valence-electron chi connectivity index (χ0n) is 15.6. The third-order valence-electron chi connectivity index (χ3n) is 4.24. The predicted molar refractivity (Wildman–Crippen MR) is 106 cm³/mol. The SMILES string of the molecule is COc1cc(C(=O)NCc2ccccc2)ccc1OCc1ccc(C)cc1. The van der Waals surface area contributed by atoms with E-state index in [0.29, 0.717) is 30.2 Å². The fourth-order valence-electron chi connectivity index (χ4n) is 2.65. The molecular weight excluding hydrogens is 338 g/mol. The van der Waals surface area contributed by atoms with E-state index in [1.54, 1.807) is 25.3 Å². The lowest BCUT2D eigenvalue weighted by molar-refractivity contribution is 0.0950. The second kappa shape index (κ2) is 8.90. The van der Waals surface area contributed by atoms with Crippen LogP contribution in [0.4, 0.5) is 0 Å². The molecule has 0 unspecified atom stereocenters. The summed E-state index contributed by atoms with van der Waals surface area (Å²) >= 11 is 0. The van der Waals surface area contributed by atoms with Gasteiger partial charge in [0.25, 0.3) is 5.91 Å². The van der Waals surface area contributed by atoms with Gasteiger partial charge in [0.05, 0.1) is 7.11 Å². The van der Waals surface area contributed by atoms with Crippen LogP contribution < -0.4 is 14.8 Å². The van der Waals surface area contributed by atoms with Gasteiger partial charge in [0.15, 0.2) is 11.5 Å². The second-order valence-corrected chi connectivity index (χ2v) is 6.31. The van der Waals surface area contributed by atoms with Crippen LogP contribution in [0.25, 0.3) is 0 Å². The molecule has 3 aromatic carbocycles. The Labute approximate surface area is 159 Å². The van der Waals surface area contributed by atoms with Crippen LogP contribution in [0.1, 0.15) is 27.0 Å². The van der Waals surface area contributed by atoms with E-state index in [1.165, 1.54) is 5.56 Å². The maximum atomic E-state index is 12.4.